The lowest BCUT2D eigenvalue weighted by Crippen LogP contribution is -1.91. The fraction of sp³-hybridized carbons (Fsp3) is 0.231. The zero-order valence-electron chi connectivity index (χ0n) is 9.09. The summed E-state index contributed by atoms with van der Waals surface area (Å²) in [5.41, 5.74) is 4.13. The molecule has 1 aromatic carbocycles. The quantitative estimate of drug-likeness (QED) is 0.719. The molecule has 0 spiro atoms. The van der Waals surface area contributed by atoms with Crippen LogP contribution in [-0.2, 0) is 6.42 Å². The van der Waals surface area contributed by atoms with Gasteiger partial charge in [-0.1, -0.05) is 6.08 Å². The number of phenolic OH excluding ortho intramolecular Hbond substituents is 1. The Labute approximate surface area is 89.3 Å². The molecule has 0 atom stereocenters. The highest BCUT2D eigenvalue weighted by Gasteiger charge is 2.13. The molecule has 0 aliphatic rings. The number of aromatic nitrogens is 1. The number of aromatic amines is 1. The third kappa shape index (κ3) is 1.33. The molecule has 2 aromatic rings. The van der Waals surface area contributed by atoms with Crippen LogP contribution in [0.2, 0.25) is 0 Å². The summed E-state index contributed by atoms with van der Waals surface area (Å²) in [5, 5.41) is 11.2. The Balaban J connectivity index is 2.87. The van der Waals surface area contributed by atoms with E-state index in [0.29, 0.717) is 12.2 Å². The van der Waals surface area contributed by atoms with Gasteiger partial charge in [-0.25, -0.2) is 0 Å². The Morgan fingerprint density at radius 2 is 2.13 bits per heavy atom. The van der Waals surface area contributed by atoms with Gasteiger partial charge in [-0.2, -0.15) is 0 Å². The molecule has 0 fully saturated rings. The van der Waals surface area contributed by atoms with E-state index in [1.807, 2.05) is 32.2 Å². The van der Waals surface area contributed by atoms with E-state index < -0.39 is 0 Å². The van der Waals surface area contributed by atoms with E-state index in [2.05, 4.69) is 11.6 Å². The average Bonchev–Trinajstić information content (AvgIpc) is 2.70. The molecule has 0 aliphatic heterocycles. The predicted octanol–water partition coefficient (Wildman–Crippen LogP) is 3.22. The number of fused-ring (bicyclic) bond motifs is 1. The lowest BCUT2D eigenvalue weighted by Gasteiger charge is -2.11. The van der Waals surface area contributed by atoms with Crippen molar-refractivity contribution in [1.29, 1.82) is 0 Å². The molecule has 1 heterocycles. The van der Waals surface area contributed by atoms with Crippen LogP contribution in [0.25, 0.3) is 10.9 Å². The molecule has 0 aliphatic carbocycles. The summed E-state index contributed by atoms with van der Waals surface area (Å²) in [5.74, 6) is 0.402. The summed E-state index contributed by atoms with van der Waals surface area (Å²) in [7, 11) is 0. The Bertz CT molecular complexity index is 523. The third-order valence-corrected chi connectivity index (χ3v) is 3.00. The Morgan fingerprint density at radius 3 is 2.80 bits per heavy atom. The molecular weight excluding hydrogens is 186 g/mol. The van der Waals surface area contributed by atoms with Crippen LogP contribution in [0.4, 0.5) is 0 Å². The largest absolute Gasteiger partial charge is 0.507 e. The molecule has 0 saturated carbocycles. The fourth-order valence-electron chi connectivity index (χ4n) is 2.00. The molecule has 78 valence electrons. The number of hydrogen-bond acceptors (Lipinski definition) is 1. The lowest BCUT2D eigenvalue weighted by atomic mass is 9.97. The molecule has 0 saturated heterocycles. The number of aromatic hydroxyl groups is 1. The average molecular weight is 201 g/mol. The lowest BCUT2D eigenvalue weighted by molar-refractivity contribution is 0.466. The van der Waals surface area contributed by atoms with Gasteiger partial charge in [0, 0.05) is 22.7 Å². The molecule has 0 bridgehead atoms. The maximum atomic E-state index is 10.1. The van der Waals surface area contributed by atoms with Gasteiger partial charge in [0.05, 0.1) is 0 Å². The highest BCUT2D eigenvalue weighted by molar-refractivity contribution is 5.89. The molecule has 2 nitrogen and oxygen atoms in total. The number of aryl methyl sites for hydroxylation is 1. The standard InChI is InChI=1S/C13H15NO/c1-4-5-11-10-6-7-14-12(10)8(2)9(3)13(11)15/h4,6-7,14-15H,1,5H2,2-3H3. The van der Waals surface area contributed by atoms with Gasteiger partial charge < -0.3 is 10.1 Å². The van der Waals surface area contributed by atoms with Crippen LogP contribution in [0.1, 0.15) is 16.7 Å². The van der Waals surface area contributed by atoms with Crippen molar-refractivity contribution >= 4 is 10.9 Å². The van der Waals surface area contributed by atoms with Crippen molar-refractivity contribution in [3.05, 3.63) is 41.6 Å². The van der Waals surface area contributed by atoms with E-state index >= 15 is 0 Å². The van der Waals surface area contributed by atoms with Crippen LogP contribution in [-0.4, -0.2) is 10.1 Å². The van der Waals surface area contributed by atoms with Crippen molar-refractivity contribution in [2.75, 3.05) is 0 Å². The van der Waals surface area contributed by atoms with Crippen molar-refractivity contribution in [2.24, 2.45) is 0 Å². The molecule has 15 heavy (non-hydrogen) atoms. The topological polar surface area (TPSA) is 36.0 Å². The summed E-state index contributed by atoms with van der Waals surface area (Å²) >= 11 is 0. The first kappa shape index (κ1) is 9.84. The smallest absolute Gasteiger partial charge is 0.123 e. The minimum atomic E-state index is 0.402. The highest BCUT2D eigenvalue weighted by Crippen LogP contribution is 2.34. The second-order valence-corrected chi connectivity index (χ2v) is 3.84. The van der Waals surface area contributed by atoms with E-state index in [1.54, 1.807) is 0 Å². The number of phenols is 1. The van der Waals surface area contributed by atoms with Gasteiger partial charge >= 0.3 is 0 Å². The molecule has 2 rings (SSSR count). The first-order chi connectivity index (χ1) is 7.16. The number of H-pyrrole nitrogens is 1. The zero-order valence-corrected chi connectivity index (χ0v) is 9.09. The first-order valence-electron chi connectivity index (χ1n) is 5.05. The summed E-state index contributed by atoms with van der Waals surface area (Å²) in [6, 6.07) is 2.00. The minimum Gasteiger partial charge on any atom is -0.507 e. The molecular formula is C13H15NO. The van der Waals surface area contributed by atoms with Crippen molar-refractivity contribution in [1.82, 2.24) is 4.98 Å². The summed E-state index contributed by atoms with van der Waals surface area (Å²) < 4.78 is 0. The Kier molecular flexibility index (Phi) is 2.27. The second kappa shape index (κ2) is 3.46. The summed E-state index contributed by atoms with van der Waals surface area (Å²) in [6.45, 7) is 7.68. The monoisotopic (exact) mass is 201 g/mol. The maximum absolute atomic E-state index is 10.1. The maximum Gasteiger partial charge on any atom is 0.123 e. The molecule has 0 amide bonds. The van der Waals surface area contributed by atoms with Crippen molar-refractivity contribution in [3.63, 3.8) is 0 Å². The zero-order chi connectivity index (χ0) is 11.0. The van der Waals surface area contributed by atoms with E-state index in [-0.39, 0.29) is 0 Å². The molecule has 2 heteroatoms. The van der Waals surface area contributed by atoms with Gasteiger partial charge in [0.1, 0.15) is 5.75 Å². The Morgan fingerprint density at radius 1 is 1.40 bits per heavy atom. The van der Waals surface area contributed by atoms with Crippen LogP contribution in [0.15, 0.2) is 24.9 Å². The second-order valence-electron chi connectivity index (χ2n) is 3.84. The van der Waals surface area contributed by atoms with Gasteiger partial charge in [0.2, 0.25) is 0 Å². The van der Waals surface area contributed by atoms with Crippen molar-refractivity contribution < 1.29 is 5.11 Å². The van der Waals surface area contributed by atoms with Crippen LogP contribution >= 0.6 is 0 Å². The van der Waals surface area contributed by atoms with Crippen LogP contribution in [0, 0.1) is 13.8 Å². The van der Waals surface area contributed by atoms with Gasteiger partial charge in [-0.3, -0.25) is 0 Å². The van der Waals surface area contributed by atoms with Crippen LogP contribution < -0.4 is 0 Å². The highest BCUT2D eigenvalue weighted by atomic mass is 16.3. The summed E-state index contributed by atoms with van der Waals surface area (Å²) in [4.78, 5) is 3.21. The molecule has 1 aromatic heterocycles. The fourth-order valence-corrected chi connectivity index (χ4v) is 2.00. The summed E-state index contributed by atoms with van der Waals surface area (Å²) in [6.07, 6.45) is 4.42. The van der Waals surface area contributed by atoms with Gasteiger partial charge in [-0.05, 0) is 37.5 Å². The van der Waals surface area contributed by atoms with Crippen LogP contribution in [0.3, 0.4) is 0 Å². The number of hydrogen-bond donors (Lipinski definition) is 2. The molecule has 2 N–H and O–H groups in total. The Hall–Kier alpha value is -1.70. The number of allylic oxidation sites excluding steroid dienone is 1. The first-order valence-corrected chi connectivity index (χ1v) is 5.05. The molecule has 0 unspecified atom stereocenters. The van der Waals surface area contributed by atoms with Gasteiger partial charge in [0.15, 0.2) is 0 Å². The third-order valence-electron chi connectivity index (χ3n) is 3.00. The minimum absolute atomic E-state index is 0.402. The van der Waals surface area contributed by atoms with Crippen molar-refractivity contribution in [2.45, 2.75) is 20.3 Å². The van der Waals surface area contributed by atoms with Crippen LogP contribution in [0.5, 0.6) is 5.75 Å². The van der Waals surface area contributed by atoms with E-state index in [4.69, 9.17) is 0 Å². The van der Waals surface area contributed by atoms with E-state index in [1.165, 1.54) is 0 Å². The SMILES string of the molecule is C=CCc1c(O)c(C)c(C)c2[nH]ccc12. The number of rotatable bonds is 2. The van der Waals surface area contributed by atoms with Crippen molar-refractivity contribution in [3.8, 4) is 5.75 Å². The predicted molar refractivity (Wildman–Crippen MR) is 63.3 cm³/mol. The van der Waals surface area contributed by atoms with E-state index in [9.17, 15) is 5.11 Å². The van der Waals surface area contributed by atoms with Gasteiger partial charge in [-0.15, -0.1) is 6.58 Å². The molecule has 0 radical (unpaired) electrons. The van der Waals surface area contributed by atoms with E-state index in [0.717, 1.165) is 27.6 Å². The normalized spacial score (nSPS) is 10.8. The number of nitrogens with one attached hydrogen (secondary N) is 1. The van der Waals surface area contributed by atoms with Gasteiger partial charge in [0.25, 0.3) is 0 Å². The number of benzene rings is 1.